The molecular formula is C27H19ClF8N6O5S. The molecule has 2 aliphatic rings. The first-order valence-electron chi connectivity index (χ1n) is 13.2. The number of carbonyl (C=O) groups excluding carboxylic acids is 1. The van der Waals surface area contributed by atoms with Crippen molar-refractivity contribution in [2.45, 2.75) is 31.4 Å². The van der Waals surface area contributed by atoms with Crippen molar-refractivity contribution < 1.29 is 59.7 Å². The van der Waals surface area contributed by atoms with E-state index in [-0.39, 0.29) is 59.8 Å². The van der Waals surface area contributed by atoms with Crippen molar-refractivity contribution in [2.75, 3.05) is 25.4 Å². The highest BCUT2D eigenvalue weighted by Gasteiger charge is 2.39. The summed E-state index contributed by atoms with van der Waals surface area (Å²) in [6, 6.07) is 5.81. The lowest BCUT2D eigenvalue weighted by atomic mass is 9.93. The topological polar surface area (TPSA) is 175 Å². The summed E-state index contributed by atoms with van der Waals surface area (Å²) in [5, 5.41) is 32.3. The van der Waals surface area contributed by atoms with E-state index in [0.717, 1.165) is 11.3 Å². The van der Waals surface area contributed by atoms with Gasteiger partial charge in [-0.1, -0.05) is 17.7 Å². The van der Waals surface area contributed by atoms with Gasteiger partial charge in [0.15, 0.2) is 5.15 Å². The SMILES string of the molecule is N#Cc1c(N)sc2c(F)ccc(-c3c(F)cc4c5c3c(Cl)nn5CCC3CNCCN3C4=O)c12.O=C(O)C(F)(F)F.O=C(O)C(F)(F)F. The maximum absolute atomic E-state index is 15.9. The molecule has 0 radical (unpaired) electrons. The number of nitrogens with one attached hydrogen (secondary N) is 1. The Balaban J connectivity index is 0.000000314. The number of nitriles is 1. The van der Waals surface area contributed by atoms with E-state index in [1.807, 2.05) is 6.07 Å². The number of halogens is 9. The van der Waals surface area contributed by atoms with Crippen molar-refractivity contribution in [3.8, 4) is 17.2 Å². The first-order chi connectivity index (χ1) is 22.3. The minimum absolute atomic E-state index is 0.0288. The first kappa shape index (κ1) is 36.1. The maximum atomic E-state index is 15.9. The third-order valence-corrected chi connectivity index (χ3v) is 8.42. The molecule has 1 saturated heterocycles. The number of carboxylic acid groups (broad SMARTS) is 2. The van der Waals surface area contributed by atoms with Gasteiger partial charge in [-0.3, -0.25) is 9.48 Å². The maximum Gasteiger partial charge on any atom is 0.490 e. The molecule has 0 saturated carbocycles. The van der Waals surface area contributed by atoms with Crippen molar-refractivity contribution in [3.63, 3.8) is 0 Å². The van der Waals surface area contributed by atoms with Crippen LogP contribution in [0.2, 0.25) is 5.15 Å². The Labute approximate surface area is 271 Å². The molecular weight excluding hydrogens is 708 g/mol. The summed E-state index contributed by atoms with van der Waals surface area (Å²) >= 11 is 7.49. The molecule has 5 N–H and O–H groups in total. The van der Waals surface area contributed by atoms with Crippen molar-refractivity contribution in [2.24, 2.45) is 0 Å². The average Bonchev–Trinajstić information content (AvgIpc) is 3.51. The molecule has 48 heavy (non-hydrogen) atoms. The molecule has 21 heteroatoms. The van der Waals surface area contributed by atoms with E-state index in [2.05, 4.69) is 10.4 Å². The van der Waals surface area contributed by atoms with Gasteiger partial charge in [0.05, 0.1) is 26.7 Å². The molecule has 0 spiro atoms. The van der Waals surface area contributed by atoms with Gasteiger partial charge in [0.25, 0.3) is 5.91 Å². The highest BCUT2D eigenvalue weighted by Crippen LogP contribution is 2.46. The Hall–Kier alpha value is -4.74. The van der Waals surface area contributed by atoms with Crippen LogP contribution in [-0.4, -0.2) is 80.8 Å². The van der Waals surface area contributed by atoms with E-state index >= 15 is 4.39 Å². The number of nitrogens with two attached hydrogens (primary N) is 1. The highest BCUT2D eigenvalue weighted by molar-refractivity contribution is 7.23. The third-order valence-electron chi connectivity index (χ3n) is 7.12. The lowest BCUT2D eigenvalue weighted by molar-refractivity contribution is -0.193. The van der Waals surface area contributed by atoms with Crippen LogP contribution in [0.1, 0.15) is 22.3 Å². The number of thiophene rings is 1. The number of aryl methyl sites for hydroxylation is 1. The Kier molecular flexibility index (Phi) is 10.1. The molecule has 2 aliphatic heterocycles. The summed E-state index contributed by atoms with van der Waals surface area (Å²) in [7, 11) is 0. The van der Waals surface area contributed by atoms with Crippen LogP contribution in [0.3, 0.4) is 0 Å². The zero-order chi connectivity index (χ0) is 35.9. The summed E-state index contributed by atoms with van der Waals surface area (Å²) in [6.07, 6.45) is -9.50. The molecule has 1 unspecified atom stereocenters. The number of rotatable bonds is 1. The first-order valence-corrected chi connectivity index (χ1v) is 14.4. The molecule has 1 amide bonds. The number of alkyl halides is 6. The predicted molar refractivity (Wildman–Crippen MR) is 154 cm³/mol. The standard InChI is InChI=1S/C23H17ClF2N6OS.2C2HF3O2/c24-21-18-17(11-1-2-14(25)20-16(11)13(8-27)22(28)34-20)15(26)7-12-19(18)32(30-21)5-3-10-9-29-4-6-31(10)23(12)33;2*3-2(4,5)1(6)7/h1-2,7,10,29H,3-6,9,28H2;2*(H,6,7). The molecule has 2 aromatic carbocycles. The van der Waals surface area contributed by atoms with Crippen LogP contribution < -0.4 is 11.1 Å². The Morgan fingerprint density at radius 3 is 2.21 bits per heavy atom. The van der Waals surface area contributed by atoms with E-state index in [0.29, 0.717) is 38.1 Å². The van der Waals surface area contributed by atoms with E-state index in [9.17, 15) is 40.8 Å². The van der Waals surface area contributed by atoms with Gasteiger partial charge in [0.1, 0.15) is 22.7 Å². The molecule has 0 aliphatic carbocycles. The second-order valence-electron chi connectivity index (χ2n) is 10.0. The van der Waals surface area contributed by atoms with Gasteiger partial charge in [-0.05, 0) is 24.1 Å². The number of fused-ring (bicyclic) bond motifs is 2. The fourth-order valence-corrected chi connectivity index (χ4v) is 6.35. The van der Waals surface area contributed by atoms with Gasteiger partial charge in [-0.25, -0.2) is 18.4 Å². The number of nitrogens with zero attached hydrogens (tertiary/aromatic N) is 4. The minimum atomic E-state index is -5.08. The fourth-order valence-electron chi connectivity index (χ4n) is 5.12. The molecule has 6 rings (SSSR count). The number of carbonyl (C=O) groups is 3. The number of carboxylic acids is 2. The number of anilines is 1. The molecule has 256 valence electrons. The number of hydrogen-bond acceptors (Lipinski definition) is 8. The number of aliphatic carboxylic acids is 2. The van der Waals surface area contributed by atoms with Gasteiger partial charge < -0.3 is 26.2 Å². The third kappa shape index (κ3) is 6.93. The molecule has 11 nitrogen and oxygen atoms in total. The number of piperazine rings is 1. The smallest absolute Gasteiger partial charge is 0.475 e. The van der Waals surface area contributed by atoms with Crippen molar-refractivity contribution >= 4 is 66.8 Å². The summed E-state index contributed by atoms with van der Waals surface area (Å²) in [4.78, 5) is 33.1. The fraction of sp³-hybridized carbons (Fsp3) is 0.296. The van der Waals surface area contributed by atoms with E-state index < -0.39 is 35.9 Å². The predicted octanol–water partition coefficient (Wildman–Crippen LogP) is 5.39. The quantitative estimate of drug-likeness (QED) is 0.188. The van der Waals surface area contributed by atoms with Crippen LogP contribution in [-0.2, 0) is 16.1 Å². The van der Waals surface area contributed by atoms with Crippen molar-refractivity contribution in [1.29, 1.82) is 5.26 Å². The van der Waals surface area contributed by atoms with Crippen LogP contribution in [0.15, 0.2) is 18.2 Å². The summed E-state index contributed by atoms with van der Waals surface area (Å²) in [6.45, 7) is 2.33. The van der Waals surface area contributed by atoms with E-state index in [1.165, 1.54) is 18.2 Å². The van der Waals surface area contributed by atoms with Crippen LogP contribution in [0.4, 0.5) is 40.1 Å². The molecule has 1 atom stereocenters. The molecule has 2 aromatic heterocycles. The van der Waals surface area contributed by atoms with Crippen LogP contribution in [0.5, 0.6) is 0 Å². The minimum Gasteiger partial charge on any atom is -0.475 e. The lowest BCUT2D eigenvalue weighted by Crippen LogP contribution is -2.54. The van der Waals surface area contributed by atoms with Crippen molar-refractivity contribution in [3.05, 3.63) is 46.1 Å². The molecule has 4 aromatic rings. The van der Waals surface area contributed by atoms with E-state index in [4.69, 9.17) is 37.1 Å². The molecule has 1 fully saturated rings. The molecule has 4 heterocycles. The van der Waals surface area contributed by atoms with Crippen LogP contribution in [0, 0.1) is 23.0 Å². The highest BCUT2D eigenvalue weighted by atomic mass is 35.5. The van der Waals surface area contributed by atoms with Crippen LogP contribution in [0.25, 0.3) is 32.1 Å². The second kappa shape index (κ2) is 13.4. The number of nitrogen functional groups attached to an aromatic ring is 1. The monoisotopic (exact) mass is 726 g/mol. The summed E-state index contributed by atoms with van der Waals surface area (Å²) < 4.78 is 95.8. The Morgan fingerprint density at radius 1 is 1.04 bits per heavy atom. The second-order valence-corrected chi connectivity index (χ2v) is 11.4. The number of hydrogen-bond donors (Lipinski definition) is 4. The van der Waals surface area contributed by atoms with Crippen molar-refractivity contribution in [1.82, 2.24) is 20.0 Å². The number of benzene rings is 2. The van der Waals surface area contributed by atoms with Gasteiger partial charge in [-0.2, -0.15) is 36.7 Å². The zero-order valence-electron chi connectivity index (χ0n) is 23.6. The normalized spacial score (nSPS) is 16.1. The van der Waals surface area contributed by atoms with Gasteiger partial charge in [0.2, 0.25) is 0 Å². The summed E-state index contributed by atoms with van der Waals surface area (Å²) in [5.74, 6) is -7.05. The number of aromatic nitrogens is 2. The largest absolute Gasteiger partial charge is 0.490 e. The van der Waals surface area contributed by atoms with Gasteiger partial charge >= 0.3 is 24.3 Å². The van der Waals surface area contributed by atoms with E-state index in [1.54, 1.807) is 9.58 Å². The van der Waals surface area contributed by atoms with Gasteiger partial charge in [0, 0.05) is 43.2 Å². The number of amides is 1. The molecule has 0 bridgehead atoms. The van der Waals surface area contributed by atoms with Crippen LogP contribution >= 0.6 is 22.9 Å². The Bertz CT molecular complexity index is 1960. The average molecular weight is 727 g/mol. The van der Waals surface area contributed by atoms with Gasteiger partial charge in [-0.15, -0.1) is 11.3 Å². The zero-order valence-corrected chi connectivity index (χ0v) is 25.2. The summed E-state index contributed by atoms with van der Waals surface area (Å²) in [5.41, 5.74) is 7.02. The Morgan fingerprint density at radius 2 is 1.65 bits per heavy atom. The lowest BCUT2D eigenvalue weighted by Gasteiger charge is -2.37.